The van der Waals surface area contributed by atoms with Crippen molar-refractivity contribution in [2.75, 3.05) is 5.32 Å². The van der Waals surface area contributed by atoms with Crippen LogP contribution < -0.4 is 16.2 Å². The fraction of sp³-hybridized carbons (Fsp3) is 0.250. The molecule has 3 aromatic rings. The van der Waals surface area contributed by atoms with Gasteiger partial charge in [-0.1, -0.05) is 20.8 Å². The molecule has 28 heavy (non-hydrogen) atoms. The smallest absolute Gasteiger partial charge is 0.405 e. The molecule has 0 spiro atoms. The highest BCUT2D eigenvalue weighted by atomic mass is 32.1. The zero-order chi connectivity index (χ0) is 20.5. The van der Waals surface area contributed by atoms with Crippen LogP contribution in [0.4, 0.5) is 10.5 Å². The van der Waals surface area contributed by atoms with Gasteiger partial charge in [-0.15, -0.1) is 0 Å². The van der Waals surface area contributed by atoms with Crippen molar-refractivity contribution in [1.29, 1.82) is 0 Å². The average molecular weight is 399 g/mol. The Morgan fingerprint density at radius 3 is 2.50 bits per heavy atom. The summed E-state index contributed by atoms with van der Waals surface area (Å²) < 4.78 is 0. The van der Waals surface area contributed by atoms with Crippen LogP contribution in [0.25, 0.3) is 10.8 Å². The molecule has 2 aromatic heterocycles. The van der Waals surface area contributed by atoms with Crippen LogP contribution in [-0.2, 0) is 10.3 Å². The number of benzene rings is 1. The van der Waals surface area contributed by atoms with E-state index in [2.05, 4.69) is 15.6 Å². The summed E-state index contributed by atoms with van der Waals surface area (Å²) in [6, 6.07) is 8.41. The minimum absolute atomic E-state index is 0.217. The topological polar surface area (TPSA) is 111 Å². The van der Waals surface area contributed by atoms with Gasteiger partial charge in [0.05, 0.1) is 0 Å². The van der Waals surface area contributed by atoms with Crippen LogP contribution in [0.1, 0.15) is 26.3 Å². The van der Waals surface area contributed by atoms with E-state index in [0.29, 0.717) is 22.0 Å². The maximum Gasteiger partial charge on any atom is 0.405 e. The molecule has 0 fully saturated rings. The molecule has 0 radical (unpaired) electrons. The Morgan fingerprint density at radius 1 is 1.14 bits per heavy atom. The molecular weight excluding hydrogens is 378 g/mol. The van der Waals surface area contributed by atoms with E-state index < -0.39 is 23.0 Å². The van der Waals surface area contributed by atoms with Crippen molar-refractivity contribution in [3.05, 3.63) is 63.2 Å². The van der Waals surface area contributed by atoms with Crippen molar-refractivity contribution in [3.63, 3.8) is 0 Å². The summed E-state index contributed by atoms with van der Waals surface area (Å²) in [6.07, 6.45) is 0.244. The third-order valence-electron chi connectivity index (χ3n) is 4.75. The molecule has 0 aliphatic heterocycles. The molecule has 4 N–H and O–H groups in total. The molecule has 1 unspecified atom stereocenters. The number of rotatable bonds is 4. The fourth-order valence-electron chi connectivity index (χ4n) is 3.35. The summed E-state index contributed by atoms with van der Waals surface area (Å²) in [6.45, 7) is 5.42. The summed E-state index contributed by atoms with van der Waals surface area (Å²) in [5, 5.41) is 19.5. The van der Waals surface area contributed by atoms with Crippen LogP contribution in [0.5, 0.6) is 0 Å². The van der Waals surface area contributed by atoms with Crippen LogP contribution >= 0.6 is 11.3 Å². The molecule has 0 aliphatic carbocycles. The first-order valence-corrected chi connectivity index (χ1v) is 9.56. The van der Waals surface area contributed by atoms with Gasteiger partial charge in [-0.3, -0.25) is 9.59 Å². The second kappa shape index (κ2) is 7.12. The number of carboxylic acid groups (broad SMARTS) is 1. The van der Waals surface area contributed by atoms with Crippen molar-refractivity contribution in [2.45, 2.75) is 26.3 Å². The van der Waals surface area contributed by atoms with Crippen molar-refractivity contribution >= 4 is 39.8 Å². The van der Waals surface area contributed by atoms with Crippen molar-refractivity contribution in [2.24, 2.45) is 5.41 Å². The molecular formula is C20H21N3O4S. The number of thiophene rings is 1. The van der Waals surface area contributed by atoms with Gasteiger partial charge < -0.3 is 20.7 Å². The average Bonchev–Trinajstić information content (AvgIpc) is 3.13. The first-order chi connectivity index (χ1) is 13.1. The molecule has 1 aromatic carbocycles. The fourth-order valence-corrected chi connectivity index (χ4v) is 4.06. The molecule has 3 rings (SSSR count). The van der Waals surface area contributed by atoms with Crippen LogP contribution in [0.2, 0.25) is 0 Å². The number of pyridine rings is 1. The van der Waals surface area contributed by atoms with Gasteiger partial charge in [0.1, 0.15) is 0 Å². The lowest BCUT2D eigenvalue weighted by Crippen LogP contribution is -2.61. The number of amides is 2. The van der Waals surface area contributed by atoms with Crippen LogP contribution in [0, 0.1) is 5.41 Å². The molecule has 0 bridgehead atoms. The molecule has 2 heterocycles. The number of hydrogen-bond acceptors (Lipinski definition) is 4. The lowest BCUT2D eigenvalue weighted by atomic mass is 9.69. The number of fused-ring (bicyclic) bond motifs is 1. The van der Waals surface area contributed by atoms with Crippen molar-refractivity contribution < 1.29 is 14.7 Å². The van der Waals surface area contributed by atoms with Crippen molar-refractivity contribution in [3.8, 4) is 0 Å². The Bertz CT molecular complexity index is 1080. The number of carbonyl (C=O) groups excluding carboxylic acids is 1. The van der Waals surface area contributed by atoms with E-state index in [-0.39, 0.29) is 5.56 Å². The summed E-state index contributed by atoms with van der Waals surface area (Å²) in [5.41, 5.74) is -1.43. The van der Waals surface area contributed by atoms with Gasteiger partial charge in [-0.05, 0) is 57.5 Å². The van der Waals surface area contributed by atoms with Crippen molar-refractivity contribution in [1.82, 2.24) is 10.3 Å². The number of nitrogens with one attached hydrogen (secondary N) is 3. The second-order valence-electron chi connectivity index (χ2n) is 7.51. The van der Waals surface area contributed by atoms with Gasteiger partial charge in [0.15, 0.2) is 5.54 Å². The summed E-state index contributed by atoms with van der Waals surface area (Å²) in [7, 11) is 0. The SMILES string of the molecule is CC(C)(C)C(NC(=O)O)(C(=O)Nc1ccc2c(=O)[nH]ccc2c1)c1ccsc1. The molecule has 1 atom stereocenters. The Morgan fingerprint density at radius 2 is 1.89 bits per heavy atom. The number of aromatic amines is 1. The van der Waals surface area contributed by atoms with E-state index in [9.17, 15) is 19.5 Å². The van der Waals surface area contributed by atoms with E-state index in [1.165, 1.54) is 17.5 Å². The van der Waals surface area contributed by atoms with Crippen LogP contribution in [0.3, 0.4) is 0 Å². The Kier molecular flexibility index (Phi) is 4.99. The third-order valence-corrected chi connectivity index (χ3v) is 5.43. The molecule has 0 saturated carbocycles. The second-order valence-corrected chi connectivity index (χ2v) is 8.29. The van der Waals surface area contributed by atoms with Gasteiger partial charge in [0.2, 0.25) is 0 Å². The molecule has 7 nitrogen and oxygen atoms in total. The van der Waals surface area contributed by atoms with E-state index in [1.54, 1.807) is 61.9 Å². The number of H-pyrrole nitrogens is 1. The minimum atomic E-state index is -1.50. The third kappa shape index (κ3) is 3.38. The lowest BCUT2D eigenvalue weighted by molar-refractivity contribution is -0.127. The lowest BCUT2D eigenvalue weighted by Gasteiger charge is -2.42. The maximum absolute atomic E-state index is 13.4. The predicted octanol–water partition coefficient (Wildman–Crippen LogP) is 3.74. The van der Waals surface area contributed by atoms with Gasteiger partial charge in [0.25, 0.3) is 11.5 Å². The number of aromatic nitrogens is 1. The van der Waals surface area contributed by atoms with E-state index >= 15 is 0 Å². The van der Waals surface area contributed by atoms with Gasteiger partial charge >= 0.3 is 6.09 Å². The quantitative estimate of drug-likeness (QED) is 0.535. The highest BCUT2D eigenvalue weighted by Gasteiger charge is 2.51. The largest absolute Gasteiger partial charge is 0.465 e. The predicted molar refractivity (Wildman–Crippen MR) is 110 cm³/mol. The Hall–Kier alpha value is -3.13. The van der Waals surface area contributed by atoms with E-state index in [1.807, 2.05) is 0 Å². The van der Waals surface area contributed by atoms with E-state index in [0.717, 1.165) is 0 Å². The monoisotopic (exact) mass is 399 g/mol. The Balaban J connectivity index is 2.07. The van der Waals surface area contributed by atoms with Gasteiger partial charge in [0, 0.05) is 17.3 Å². The number of carbonyl (C=O) groups is 2. The van der Waals surface area contributed by atoms with E-state index in [4.69, 9.17) is 0 Å². The molecule has 8 heteroatoms. The number of hydrogen-bond donors (Lipinski definition) is 4. The number of anilines is 1. The Labute approximate surface area is 165 Å². The highest BCUT2D eigenvalue weighted by molar-refractivity contribution is 7.08. The zero-order valence-corrected chi connectivity index (χ0v) is 16.5. The molecule has 0 saturated heterocycles. The van der Waals surface area contributed by atoms with Crippen LogP contribution in [-0.4, -0.2) is 22.1 Å². The first-order valence-electron chi connectivity index (χ1n) is 8.62. The summed E-state index contributed by atoms with van der Waals surface area (Å²) >= 11 is 1.39. The summed E-state index contributed by atoms with van der Waals surface area (Å²) in [5.74, 6) is -0.495. The van der Waals surface area contributed by atoms with Gasteiger partial charge in [-0.2, -0.15) is 11.3 Å². The maximum atomic E-state index is 13.4. The first kappa shape index (κ1) is 19.6. The van der Waals surface area contributed by atoms with Gasteiger partial charge in [-0.25, -0.2) is 4.79 Å². The minimum Gasteiger partial charge on any atom is -0.465 e. The van der Waals surface area contributed by atoms with Crippen LogP contribution in [0.15, 0.2) is 52.1 Å². The highest BCUT2D eigenvalue weighted by Crippen LogP contribution is 2.41. The zero-order valence-electron chi connectivity index (χ0n) is 15.7. The standard InChI is InChI=1S/C20H21N3O4S/c1-19(2,3)20(23-18(26)27,13-7-9-28-11-13)17(25)22-14-4-5-15-12(10-14)6-8-21-16(15)24/h4-11,23H,1-3H3,(H,21,24)(H,22,25)(H,26,27). The molecule has 0 aliphatic rings. The molecule has 2 amide bonds. The summed E-state index contributed by atoms with van der Waals surface area (Å²) in [4.78, 5) is 39.5. The normalized spacial score (nSPS) is 13.7. The molecule has 146 valence electrons.